The van der Waals surface area contributed by atoms with E-state index in [2.05, 4.69) is 17.0 Å². The second-order valence-electron chi connectivity index (χ2n) is 5.36. The van der Waals surface area contributed by atoms with E-state index in [1.165, 1.54) is 0 Å². The van der Waals surface area contributed by atoms with Crippen LogP contribution >= 0.6 is 0 Å². The normalized spacial score (nSPS) is 18.4. The molecule has 0 amide bonds. The van der Waals surface area contributed by atoms with Crippen LogP contribution in [0.5, 0.6) is 0 Å². The average Bonchev–Trinajstić information content (AvgIpc) is 2.48. The zero-order chi connectivity index (χ0) is 15.3. The number of ether oxygens (including phenoxy) is 1. The Morgan fingerprint density at radius 2 is 2.05 bits per heavy atom. The highest BCUT2D eigenvalue weighted by atomic mass is 32.2. The van der Waals surface area contributed by atoms with Gasteiger partial charge in [-0.15, -0.1) is 0 Å². The molecule has 21 heavy (non-hydrogen) atoms. The maximum absolute atomic E-state index is 12.4. The van der Waals surface area contributed by atoms with E-state index in [0.717, 1.165) is 12.1 Å². The lowest BCUT2D eigenvalue weighted by atomic mass is 10.1. The third-order valence-electron chi connectivity index (χ3n) is 3.76. The number of nitrogens with one attached hydrogen (secondary N) is 2. The van der Waals surface area contributed by atoms with E-state index >= 15 is 0 Å². The maximum atomic E-state index is 12.4. The molecule has 1 saturated heterocycles. The van der Waals surface area contributed by atoms with Crippen LogP contribution in [0.25, 0.3) is 0 Å². The van der Waals surface area contributed by atoms with Gasteiger partial charge in [-0.3, -0.25) is 4.72 Å². The largest absolute Gasteiger partial charge is 0.381 e. The molecule has 1 aromatic rings. The molecule has 0 saturated carbocycles. The molecule has 1 aliphatic heterocycles. The Kier molecular flexibility index (Phi) is 5.61. The van der Waals surface area contributed by atoms with Gasteiger partial charge in [0.25, 0.3) is 0 Å². The van der Waals surface area contributed by atoms with Gasteiger partial charge in [0.15, 0.2) is 0 Å². The quantitative estimate of drug-likeness (QED) is 0.845. The zero-order valence-corrected chi connectivity index (χ0v) is 13.4. The molecule has 2 N–H and O–H groups in total. The molecule has 0 spiro atoms. The fourth-order valence-corrected chi connectivity index (χ4v) is 3.96. The van der Waals surface area contributed by atoms with Crippen molar-refractivity contribution in [2.45, 2.75) is 38.0 Å². The predicted octanol–water partition coefficient (Wildman–Crippen LogP) is 2.28. The topological polar surface area (TPSA) is 67.4 Å². The van der Waals surface area contributed by atoms with Gasteiger partial charge >= 0.3 is 0 Å². The van der Waals surface area contributed by atoms with E-state index in [1.54, 1.807) is 6.07 Å². The third kappa shape index (κ3) is 4.43. The molecule has 118 valence electrons. The molecule has 0 aromatic heterocycles. The van der Waals surface area contributed by atoms with Crippen molar-refractivity contribution in [2.75, 3.05) is 24.5 Å². The Morgan fingerprint density at radius 3 is 2.71 bits per heavy atom. The zero-order valence-electron chi connectivity index (χ0n) is 12.6. The number of hydrogen-bond acceptors (Lipinski definition) is 4. The first-order valence-corrected chi connectivity index (χ1v) is 9.00. The van der Waals surface area contributed by atoms with E-state index in [9.17, 15) is 8.42 Å². The number of anilines is 1. The highest BCUT2D eigenvalue weighted by molar-refractivity contribution is 7.93. The Hall–Kier alpha value is -1.11. The molecule has 0 radical (unpaired) electrons. The first-order valence-electron chi connectivity index (χ1n) is 7.45. The first kappa shape index (κ1) is 16.3. The molecule has 1 aliphatic rings. The van der Waals surface area contributed by atoms with Crippen molar-refractivity contribution in [1.29, 1.82) is 0 Å². The highest BCUT2D eigenvalue weighted by Crippen LogP contribution is 2.22. The van der Waals surface area contributed by atoms with Crippen LogP contribution in [0, 0.1) is 0 Å². The third-order valence-corrected chi connectivity index (χ3v) is 5.63. The molecule has 1 unspecified atom stereocenters. The van der Waals surface area contributed by atoms with E-state index in [1.807, 2.05) is 25.1 Å². The van der Waals surface area contributed by atoms with Crippen LogP contribution in [0.4, 0.5) is 5.69 Å². The number of sulfonamides is 1. The molecule has 2 rings (SSSR count). The monoisotopic (exact) mass is 312 g/mol. The SMILES string of the molecule is CCNC(C)c1cccc(NS(=O)(=O)C2CCOCC2)c1. The van der Waals surface area contributed by atoms with Gasteiger partial charge in [-0.2, -0.15) is 0 Å². The summed E-state index contributed by atoms with van der Waals surface area (Å²) in [6.07, 6.45) is 1.12. The van der Waals surface area contributed by atoms with Crippen molar-refractivity contribution in [3.63, 3.8) is 0 Å². The predicted molar refractivity (Wildman–Crippen MR) is 84.9 cm³/mol. The van der Waals surface area contributed by atoms with Gasteiger partial charge in [-0.25, -0.2) is 8.42 Å². The highest BCUT2D eigenvalue weighted by Gasteiger charge is 2.27. The molecule has 6 heteroatoms. The number of hydrogen-bond donors (Lipinski definition) is 2. The molecule has 1 atom stereocenters. The van der Waals surface area contributed by atoms with Crippen molar-refractivity contribution in [2.24, 2.45) is 0 Å². The summed E-state index contributed by atoms with van der Waals surface area (Å²) in [6.45, 7) is 6.02. The summed E-state index contributed by atoms with van der Waals surface area (Å²) in [5.41, 5.74) is 1.70. The maximum Gasteiger partial charge on any atom is 0.235 e. The molecule has 0 aliphatic carbocycles. The molecule has 0 bridgehead atoms. The van der Waals surface area contributed by atoms with Crippen LogP contribution in [0.15, 0.2) is 24.3 Å². The summed E-state index contributed by atoms with van der Waals surface area (Å²) >= 11 is 0. The van der Waals surface area contributed by atoms with Gasteiger partial charge in [-0.1, -0.05) is 19.1 Å². The summed E-state index contributed by atoms with van der Waals surface area (Å²) in [5, 5.41) is 2.96. The minimum absolute atomic E-state index is 0.197. The molecule has 1 aromatic carbocycles. The van der Waals surface area contributed by atoms with Crippen molar-refractivity contribution < 1.29 is 13.2 Å². The summed E-state index contributed by atoms with van der Waals surface area (Å²) in [6, 6.07) is 7.76. The number of rotatable bonds is 6. The molecular formula is C15H24N2O3S. The van der Waals surface area contributed by atoms with E-state index in [0.29, 0.717) is 31.7 Å². The molecule has 1 fully saturated rings. The molecular weight excluding hydrogens is 288 g/mol. The van der Waals surface area contributed by atoms with Crippen LogP contribution in [-0.2, 0) is 14.8 Å². The molecule has 1 heterocycles. The van der Waals surface area contributed by atoms with Crippen LogP contribution in [-0.4, -0.2) is 33.4 Å². The molecule has 5 nitrogen and oxygen atoms in total. The van der Waals surface area contributed by atoms with E-state index in [-0.39, 0.29) is 11.3 Å². The lowest BCUT2D eigenvalue weighted by Crippen LogP contribution is -2.33. The van der Waals surface area contributed by atoms with Crippen LogP contribution in [0.1, 0.15) is 38.3 Å². The standard InChI is InChI=1S/C15H24N2O3S/c1-3-16-12(2)13-5-4-6-14(11-13)17-21(18,19)15-7-9-20-10-8-15/h4-6,11-12,15-17H,3,7-10H2,1-2H3. The van der Waals surface area contributed by atoms with Gasteiger partial charge in [0.2, 0.25) is 10.0 Å². The second-order valence-corrected chi connectivity index (χ2v) is 7.32. The van der Waals surface area contributed by atoms with Gasteiger partial charge < -0.3 is 10.1 Å². The Labute approximate surface area is 127 Å². The fourth-order valence-electron chi connectivity index (χ4n) is 2.53. The first-order chi connectivity index (χ1) is 10.0. The van der Waals surface area contributed by atoms with Crippen LogP contribution in [0.3, 0.4) is 0 Å². The minimum atomic E-state index is -3.34. The van der Waals surface area contributed by atoms with Gasteiger partial charge in [0.1, 0.15) is 0 Å². The van der Waals surface area contributed by atoms with Crippen molar-refractivity contribution in [1.82, 2.24) is 5.32 Å². The smallest absolute Gasteiger partial charge is 0.235 e. The van der Waals surface area contributed by atoms with Crippen LogP contribution < -0.4 is 10.0 Å². The van der Waals surface area contributed by atoms with E-state index < -0.39 is 10.0 Å². The van der Waals surface area contributed by atoms with Crippen molar-refractivity contribution in [3.05, 3.63) is 29.8 Å². The fraction of sp³-hybridized carbons (Fsp3) is 0.600. The Bertz CT molecular complexity index is 554. The summed E-state index contributed by atoms with van der Waals surface area (Å²) in [5.74, 6) is 0. The van der Waals surface area contributed by atoms with E-state index in [4.69, 9.17) is 4.74 Å². The minimum Gasteiger partial charge on any atom is -0.381 e. The number of benzene rings is 1. The lowest BCUT2D eigenvalue weighted by Gasteiger charge is -2.23. The van der Waals surface area contributed by atoms with Crippen LogP contribution in [0.2, 0.25) is 0 Å². The summed E-state index contributed by atoms with van der Waals surface area (Å²) < 4.78 is 32.7. The second kappa shape index (κ2) is 7.24. The summed E-state index contributed by atoms with van der Waals surface area (Å²) in [4.78, 5) is 0. The average molecular weight is 312 g/mol. The van der Waals surface area contributed by atoms with Crippen molar-refractivity contribution in [3.8, 4) is 0 Å². The van der Waals surface area contributed by atoms with Gasteiger partial charge in [0.05, 0.1) is 5.25 Å². The van der Waals surface area contributed by atoms with Gasteiger partial charge in [0, 0.05) is 24.9 Å². The van der Waals surface area contributed by atoms with Gasteiger partial charge in [-0.05, 0) is 44.0 Å². The summed E-state index contributed by atoms with van der Waals surface area (Å²) in [7, 11) is -3.34. The lowest BCUT2D eigenvalue weighted by molar-refractivity contribution is 0.0984. The van der Waals surface area contributed by atoms with Crippen molar-refractivity contribution >= 4 is 15.7 Å². The Morgan fingerprint density at radius 1 is 1.33 bits per heavy atom. The Balaban J connectivity index is 2.09.